The molecule has 15 heavy (non-hydrogen) atoms. The predicted molar refractivity (Wildman–Crippen MR) is 57.6 cm³/mol. The van der Waals surface area contributed by atoms with Gasteiger partial charge in [-0.3, -0.25) is 0 Å². The molecular weight excluding hydrogens is 190 g/mol. The molecule has 2 unspecified atom stereocenters. The van der Waals surface area contributed by atoms with Crippen LogP contribution in [-0.4, -0.2) is 16.2 Å². The Balaban J connectivity index is 2.28. The lowest BCUT2D eigenvalue weighted by molar-refractivity contribution is 0.276. The molecule has 1 heterocycles. The van der Waals surface area contributed by atoms with Gasteiger partial charge in [0.2, 0.25) is 5.89 Å². The third kappa shape index (κ3) is 1.67. The number of nitrogens with zero attached hydrogens (tertiary/aromatic N) is 2. The van der Waals surface area contributed by atoms with Crippen LogP contribution in [0, 0.1) is 0 Å². The third-order valence-electron chi connectivity index (χ3n) is 3.48. The fraction of sp³-hybridized carbons (Fsp3) is 0.818. The minimum Gasteiger partial charge on any atom is -0.339 e. The van der Waals surface area contributed by atoms with Crippen molar-refractivity contribution >= 4 is 0 Å². The molecular formula is C11H19N3O. The van der Waals surface area contributed by atoms with E-state index < -0.39 is 0 Å². The van der Waals surface area contributed by atoms with Crippen LogP contribution in [0.25, 0.3) is 0 Å². The summed E-state index contributed by atoms with van der Waals surface area (Å²) in [5.41, 5.74) is 5.99. The van der Waals surface area contributed by atoms with Crippen molar-refractivity contribution in [2.75, 3.05) is 0 Å². The zero-order chi connectivity index (χ0) is 11.1. The van der Waals surface area contributed by atoms with Crippen molar-refractivity contribution in [1.29, 1.82) is 0 Å². The van der Waals surface area contributed by atoms with E-state index in [0.29, 0.717) is 5.92 Å². The Hall–Kier alpha value is -0.900. The molecule has 1 aromatic heterocycles. The second-order valence-electron chi connectivity index (χ2n) is 5.03. The maximum atomic E-state index is 6.10. The summed E-state index contributed by atoms with van der Waals surface area (Å²) >= 11 is 0. The fourth-order valence-electron chi connectivity index (χ4n) is 2.16. The second-order valence-corrected chi connectivity index (χ2v) is 5.03. The maximum Gasteiger partial charge on any atom is 0.234 e. The monoisotopic (exact) mass is 209 g/mol. The summed E-state index contributed by atoms with van der Waals surface area (Å²) in [6.45, 7) is 6.25. The summed E-state index contributed by atoms with van der Waals surface area (Å²) in [6.07, 6.45) is 3.25. The molecule has 2 atom stereocenters. The first-order valence-electron chi connectivity index (χ1n) is 5.63. The molecule has 0 saturated heterocycles. The molecule has 0 aromatic carbocycles. The SMILES string of the molecule is CC(C)c1noc(C2(C)CCCC2N)n1. The molecule has 1 aromatic rings. The third-order valence-corrected chi connectivity index (χ3v) is 3.48. The Kier molecular flexibility index (Phi) is 2.54. The number of hydrogen-bond donors (Lipinski definition) is 1. The van der Waals surface area contributed by atoms with Crippen LogP contribution in [-0.2, 0) is 5.41 Å². The van der Waals surface area contributed by atoms with Gasteiger partial charge in [0, 0.05) is 12.0 Å². The van der Waals surface area contributed by atoms with Crippen LogP contribution >= 0.6 is 0 Å². The Labute approximate surface area is 90.2 Å². The molecule has 4 heteroatoms. The van der Waals surface area contributed by atoms with E-state index in [1.54, 1.807) is 0 Å². The number of nitrogens with two attached hydrogens (primary N) is 1. The molecule has 1 fully saturated rings. The molecule has 2 N–H and O–H groups in total. The lowest BCUT2D eigenvalue weighted by atomic mass is 9.85. The highest BCUT2D eigenvalue weighted by atomic mass is 16.5. The van der Waals surface area contributed by atoms with Crippen molar-refractivity contribution < 1.29 is 4.52 Å². The zero-order valence-electron chi connectivity index (χ0n) is 9.66. The average Bonchev–Trinajstić information content (AvgIpc) is 2.75. The topological polar surface area (TPSA) is 64.9 Å². The van der Waals surface area contributed by atoms with E-state index in [4.69, 9.17) is 10.3 Å². The Morgan fingerprint density at radius 1 is 1.53 bits per heavy atom. The van der Waals surface area contributed by atoms with Crippen LogP contribution in [0.5, 0.6) is 0 Å². The van der Waals surface area contributed by atoms with Crippen LogP contribution in [0.1, 0.15) is 57.7 Å². The Morgan fingerprint density at radius 2 is 2.27 bits per heavy atom. The first-order chi connectivity index (χ1) is 7.04. The van der Waals surface area contributed by atoms with E-state index in [9.17, 15) is 0 Å². The Morgan fingerprint density at radius 3 is 2.73 bits per heavy atom. The van der Waals surface area contributed by atoms with Gasteiger partial charge < -0.3 is 10.3 Å². The standard InChI is InChI=1S/C11H19N3O/c1-7(2)9-13-10(15-14-9)11(3)6-4-5-8(11)12/h7-8H,4-6,12H2,1-3H3. The first-order valence-corrected chi connectivity index (χ1v) is 5.63. The number of aromatic nitrogens is 2. The van der Waals surface area contributed by atoms with Crippen molar-refractivity contribution in [2.24, 2.45) is 5.73 Å². The summed E-state index contributed by atoms with van der Waals surface area (Å²) < 4.78 is 5.34. The van der Waals surface area contributed by atoms with Crippen molar-refractivity contribution in [3.8, 4) is 0 Å². The van der Waals surface area contributed by atoms with Gasteiger partial charge in [0.1, 0.15) is 0 Å². The summed E-state index contributed by atoms with van der Waals surface area (Å²) in [6, 6.07) is 0.151. The summed E-state index contributed by atoms with van der Waals surface area (Å²) in [5, 5.41) is 4.00. The van der Waals surface area contributed by atoms with E-state index >= 15 is 0 Å². The van der Waals surface area contributed by atoms with Gasteiger partial charge in [-0.25, -0.2) is 0 Å². The van der Waals surface area contributed by atoms with E-state index in [2.05, 4.69) is 30.9 Å². The minimum atomic E-state index is -0.111. The summed E-state index contributed by atoms with van der Waals surface area (Å²) in [4.78, 5) is 4.46. The van der Waals surface area contributed by atoms with Gasteiger partial charge in [0.15, 0.2) is 5.82 Å². The van der Waals surface area contributed by atoms with Gasteiger partial charge in [0.25, 0.3) is 0 Å². The largest absolute Gasteiger partial charge is 0.339 e. The normalized spacial score (nSPS) is 31.4. The quantitative estimate of drug-likeness (QED) is 0.808. The smallest absolute Gasteiger partial charge is 0.234 e. The molecule has 84 valence electrons. The number of hydrogen-bond acceptors (Lipinski definition) is 4. The molecule has 1 aliphatic carbocycles. The van der Waals surface area contributed by atoms with Crippen molar-refractivity contribution in [3.63, 3.8) is 0 Å². The molecule has 1 saturated carbocycles. The molecule has 2 rings (SSSR count). The maximum absolute atomic E-state index is 6.10. The van der Waals surface area contributed by atoms with Gasteiger partial charge in [-0.15, -0.1) is 0 Å². The van der Waals surface area contributed by atoms with Crippen LogP contribution in [0.3, 0.4) is 0 Å². The van der Waals surface area contributed by atoms with E-state index in [1.165, 1.54) is 0 Å². The van der Waals surface area contributed by atoms with Crippen molar-refractivity contribution in [1.82, 2.24) is 10.1 Å². The minimum absolute atomic E-state index is 0.111. The lowest BCUT2D eigenvalue weighted by Crippen LogP contribution is -2.38. The van der Waals surface area contributed by atoms with Gasteiger partial charge in [-0.2, -0.15) is 4.98 Å². The molecule has 0 amide bonds. The lowest BCUT2D eigenvalue weighted by Gasteiger charge is -2.23. The fourth-order valence-corrected chi connectivity index (χ4v) is 2.16. The van der Waals surface area contributed by atoms with Crippen molar-refractivity contribution in [3.05, 3.63) is 11.7 Å². The average molecular weight is 209 g/mol. The predicted octanol–water partition coefficient (Wildman–Crippen LogP) is 1.96. The Bertz CT molecular complexity index is 347. The highest BCUT2D eigenvalue weighted by molar-refractivity contribution is 5.12. The van der Waals surface area contributed by atoms with Gasteiger partial charge >= 0.3 is 0 Å². The highest BCUT2D eigenvalue weighted by Gasteiger charge is 2.42. The van der Waals surface area contributed by atoms with E-state index in [-0.39, 0.29) is 11.5 Å². The molecule has 4 nitrogen and oxygen atoms in total. The van der Waals surface area contributed by atoms with Crippen LogP contribution in [0.2, 0.25) is 0 Å². The molecule has 1 aliphatic rings. The first kappa shape index (κ1) is 10.6. The number of rotatable bonds is 2. The molecule has 0 aliphatic heterocycles. The molecule has 0 spiro atoms. The van der Waals surface area contributed by atoms with Gasteiger partial charge in [-0.05, 0) is 19.8 Å². The van der Waals surface area contributed by atoms with Gasteiger partial charge in [-0.1, -0.05) is 25.4 Å². The van der Waals surface area contributed by atoms with E-state index in [0.717, 1.165) is 31.0 Å². The van der Waals surface area contributed by atoms with Crippen LogP contribution < -0.4 is 5.73 Å². The summed E-state index contributed by atoms with van der Waals surface area (Å²) in [7, 11) is 0. The zero-order valence-corrected chi connectivity index (χ0v) is 9.66. The van der Waals surface area contributed by atoms with E-state index in [1.807, 2.05) is 0 Å². The van der Waals surface area contributed by atoms with Crippen LogP contribution in [0.4, 0.5) is 0 Å². The molecule has 0 bridgehead atoms. The van der Waals surface area contributed by atoms with Crippen LogP contribution in [0.15, 0.2) is 4.52 Å². The van der Waals surface area contributed by atoms with Gasteiger partial charge in [0.05, 0.1) is 5.41 Å². The second kappa shape index (κ2) is 3.59. The highest BCUT2D eigenvalue weighted by Crippen LogP contribution is 2.39. The molecule has 0 radical (unpaired) electrons. The summed E-state index contributed by atoms with van der Waals surface area (Å²) in [5.74, 6) is 1.81. The van der Waals surface area contributed by atoms with Crippen molar-refractivity contribution in [2.45, 2.75) is 57.4 Å².